The van der Waals surface area contributed by atoms with Gasteiger partial charge in [-0.05, 0) is 13.3 Å². The molecule has 0 amide bonds. The van der Waals surface area contributed by atoms with Gasteiger partial charge in [0.05, 0.1) is 12.7 Å². The lowest BCUT2D eigenvalue weighted by molar-refractivity contribution is 0.0741. The first kappa shape index (κ1) is 12.8. The second kappa shape index (κ2) is 4.90. The van der Waals surface area contributed by atoms with Crippen LogP contribution < -0.4 is 5.73 Å². The summed E-state index contributed by atoms with van der Waals surface area (Å²) in [6.07, 6.45) is 1.37. The SMILES string of the molecule is CCCC(C)(CN)OS(=O)(=O)OC. The molecule has 0 rings (SSSR count). The lowest BCUT2D eigenvalue weighted by atomic mass is 10.0. The number of nitrogens with two attached hydrogens (primary N) is 1. The predicted molar refractivity (Wildman–Crippen MR) is 49.4 cm³/mol. The van der Waals surface area contributed by atoms with Crippen LogP contribution in [0.15, 0.2) is 0 Å². The maximum atomic E-state index is 10.9. The Morgan fingerprint density at radius 1 is 1.46 bits per heavy atom. The van der Waals surface area contributed by atoms with Gasteiger partial charge in [0.2, 0.25) is 0 Å². The fourth-order valence-corrected chi connectivity index (χ4v) is 1.70. The molecule has 6 heteroatoms. The minimum absolute atomic E-state index is 0.142. The van der Waals surface area contributed by atoms with Crippen LogP contribution in [0, 0.1) is 0 Å². The van der Waals surface area contributed by atoms with Crippen LogP contribution >= 0.6 is 0 Å². The maximum Gasteiger partial charge on any atom is 0.400 e. The lowest BCUT2D eigenvalue weighted by Crippen LogP contribution is -2.39. The zero-order valence-corrected chi connectivity index (χ0v) is 9.06. The van der Waals surface area contributed by atoms with Crippen LogP contribution in [0.3, 0.4) is 0 Å². The second-order valence-corrected chi connectivity index (χ2v) is 4.38. The van der Waals surface area contributed by atoms with Crippen molar-refractivity contribution in [2.75, 3.05) is 13.7 Å². The molecule has 0 aromatic rings. The first-order valence-electron chi connectivity index (χ1n) is 4.10. The largest absolute Gasteiger partial charge is 0.400 e. The molecule has 0 bridgehead atoms. The Bertz CT molecular complexity index is 239. The molecular formula is C7H17NO4S. The van der Waals surface area contributed by atoms with E-state index in [9.17, 15) is 8.42 Å². The van der Waals surface area contributed by atoms with Crippen LogP contribution in [0.25, 0.3) is 0 Å². The number of rotatable bonds is 6. The third-order valence-corrected chi connectivity index (χ3v) is 2.73. The summed E-state index contributed by atoms with van der Waals surface area (Å²) < 4.78 is 30.9. The van der Waals surface area contributed by atoms with E-state index in [-0.39, 0.29) is 6.54 Å². The zero-order chi connectivity index (χ0) is 10.5. The van der Waals surface area contributed by atoms with Crippen LogP contribution in [-0.4, -0.2) is 27.7 Å². The van der Waals surface area contributed by atoms with Gasteiger partial charge >= 0.3 is 10.4 Å². The second-order valence-electron chi connectivity index (χ2n) is 3.06. The molecule has 1 unspecified atom stereocenters. The number of hydrogen-bond acceptors (Lipinski definition) is 5. The highest BCUT2D eigenvalue weighted by atomic mass is 32.3. The van der Waals surface area contributed by atoms with E-state index in [2.05, 4.69) is 4.18 Å². The summed E-state index contributed by atoms with van der Waals surface area (Å²) in [6.45, 7) is 3.72. The van der Waals surface area contributed by atoms with Gasteiger partial charge in [-0.25, -0.2) is 4.18 Å². The molecule has 0 aromatic heterocycles. The minimum atomic E-state index is -3.89. The molecule has 0 aliphatic rings. The molecule has 0 saturated heterocycles. The Labute approximate surface area is 79.5 Å². The molecule has 0 radical (unpaired) electrons. The average Bonchev–Trinajstić information content (AvgIpc) is 2.04. The van der Waals surface area contributed by atoms with Crippen LogP contribution in [-0.2, 0) is 18.8 Å². The van der Waals surface area contributed by atoms with Crippen molar-refractivity contribution in [3.8, 4) is 0 Å². The molecule has 0 aliphatic heterocycles. The van der Waals surface area contributed by atoms with Gasteiger partial charge in [0.1, 0.15) is 0 Å². The van der Waals surface area contributed by atoms with Gasteiger partial charge < -0.3 is 5.73 Å². The monoisotopic (exact) mass is 211 g/mol. The summed E-state index contributed by atoms with van der Waals surface area (Å²) in [4.78, 5) is 0. The Morgan fingerprint density at radius 3 is 2.31 bits per heavy atom. The molecule has 5 nitrogen and oxygen atoms in total. The Hall–Kier alpha value is -0.170. The highest BCUT2D eigenvalue weighted by Gasteiger charge is 2.29. The average molecular weight is 211 g/mol. The first-order chi connectivity index (χ1) is 5.89. The van der Waals surface area contributed by atoms with E-state index in [1.807, 2.05) is 6.92 Å². The third kappa shape index (κ3) is 4.56. The summed E-state index contributed by atoms with van der Waals surface area (Å²) >= 11 is 0. The van der Waals surface area contributed by atoms with Crippen molar-refractivity contribution in [1.82, 2.24) is 0 Å². The smallest absolute Gasteiger partial charge is 0.328 e. The molecule has 0 aliphatic carbocycles. The summed E-state index contributed by atoms with van der Waals surface area (Å²) in [5.74, 6) is 0. The van der Waals surface area contributed by atoms with Gasteiger partial charge in [-0.15, -0.1) is 0 Å². The van der Waals surface area contributed by atoms with Gasteiger partial charge in [-0.2, -0.15) is 8.42 Å². The van der Waals surface area contributed by atoms with Crippen molar-refractivity contribution in [3.63, 3.8) is 0 Å². The Kier molecular flexibility index (Phi) is 4.83. The molecule has 0 aromatic carbocycles. The van der Waals surface area contributed by atoms with E-state index < -0.39 is 16.0 Å². The summed E-state index contributed by atoms with van der Waals surface area (Å²) in [7, 11) is -2.84. The van der Waals surface area contributed by atoms with Crippen molar-refractivity contribution in [3.05, 3.63) is 0 Å². The topological polar surface area (TPSA) is 78.6 Å². The van der Waals surface area contributed by atoms with E-state index in [0.717, 1.165) is 13.5 Å². The normalized spacial score (nSPS) is 16.9. The van der Waals surface area contributed by atoms with Crippen molar-refractivity contribution in [2.45, 2.75) is 32.3 Å². The van der Waals surface area contributed by atoms with Crippen LogP contribution in [0.2, 0.25) is 0 Å². The Balaban J connectivity index is 4.44. The molecule has 80 valence electrons. The van der Waals surface area contributed by atoms with E-state index in [0.29, 0.717) is 6.42 Å². The molecular weight excluding hydrogens is 194 g/mol. The molecule has 0 saturated carbocycles. The predicted octanol–water partition coefficient (Wildman–Crippen LogP) is 0.412. The summed E-state index contributed by atoms with van der Waals surface area (Å²) in [5.41, 5.74) is 4.55. The lowest BCUT2D eigenvalue weighted by Gasteiger charge is -2.25. The minimum Gasteiger partial charge on any atom is -0.328 e. The Morgan fingerprint density at radius 2 is 2.00 bits per heavy atom. The quantitative estimate of drug-likeness (QED) is 0.688. The van der Waals surface area contributed by atoms with Gasteiger partial charge in [0.15, 0.2) is 0 Å². The molecule has 1 atom stereocenters. The van der Waals surface area contributed by atoms with Gasteiger partial charge in [0.25, 0.3) is 0 Å². The number of hydrogen-bond donors (Lipinski definition) is 1. The van der Waals surface area contributed by atoms with E-state index in [1.165, 1.54) is 0 Å². The van der Waals surface area contributed by atoms with Crippen molar-refractivity contribution >= 4 is 10.4 Å². The summed E-state index contributed by atoms with van der Waals surface area (Å²) in [5, 5.41) is 0. The van der Waals surface area contributed by atoms with Crippen molar-refractivity contribution < 1.29 is 16.8 Å². The van der Waals surface area contributed by atoms with E-state index in [4.69, 9.17) is 9.92 Å². The molecule has 0 heterocycles. The van der Waals surface area contributed by atoms with E-state index in [1.54, 1.807) is 6.92 Å². The van der Waals surface area contributed by atoms with Gasteiger partial charge in [-0.3, -0.25) is 4.18 Å². The van der Waals surface area contributed by atoms with Gasteiger partial charge in [0, 0.05) is 6.54 Å². The molecule has 0 fully saturated rings. The van der Waals surface area contributed by atoms with Crippen LogP contribution in [0.1, 0.15) is 26.7 Å². The van der Waals surface area contributed by atoms with Crippen molar-refractivity contribution in [1.29, 1.82) is 0 Å². The van der Waals surface area contributed by atoms with Gasteiger partial charge in [-0.1, -0.05) is 13.3 Å². The van der Waals surface area contributed by atoms with Crippen LogP contribution in [0.4, 0.5) is 0 Å². The van der Waals surface area contributed by atoms with Crippen LogP contribution in [0.5, 0.6) is 0 Å². The molecule has 0 spiro atoms. The third-order valence-electron chi connectivity index (χ3n) is 1.72. The van der Waals surface area contributed by atoms with Crippen molar-refractivity contribution in [2.24, 2.45) is 5.73 Å². The fourth-order valence-electron chi connectivity index (χ4n) is 0.987. The molecule has 13 heavy (non-hydrogen) atoms. The fraction of sp³-hybridized carbons (Fsp3) is 1.00. The summed E-state index contributed by atoms with van der Waals surface area (Å²) in [6, 6.07) is 0. The van der Waals surface area contributed by atoms with E-state index >= 15 is 0 Å². The highest BCUT2D eigenvalue weighted by Crippen LogP contribution is 2.19. The maximum absolute atomic E-state index is 10.9. The molecule has 2 N–H and O–H groups in total. The highest BCUT2D eigenvalue weighted by molar-refractivity contribution is 7.81. The zero-order valence-electron chi connectivity index (χ0n) is 8.24. The first-order valence-corrected chi connectivity index (χ1v) is 5.43. The standard InChI is InChI=1S/C7H17NO4S/c1-4-5-7(2,6-8)12-13(9,10)11-3/h4-6,8H2,1-3H3.